The van der Waals surface area contributed by atoms with Crippen LogP contribution < -0.4 is 41.4 Å². The highest BCUT2D eigenvalue weighted by Crippen LogP contribution is 2.49. The maximum absolute atomic E-state index is 14.4. The summed E-state index contributed by atoms with van der Waals surface area (Å²) in [5, 5.41) is 22.4. The zero-order valence-electron chi connectivity index (χ0n) is 52.3. The van der Waals surface area contributed by atoms with Gasteiger partial charge in [0.1, 0.15) is 59.4 Å². The van der Waals surface area contributed by atoms with Crippen LogP contribution >= 0.6 is 11.6 Å². The Bertz CT molecular complexity index is 3180. The molecule has 0 aliphatic carbocycles. The standard InChI is InChI=1S/C61H84ClN9O18S/c1-35(2)52(68-90(82,83)28-14-12-11-13-27-71-48(72)24-25-49(71)73)55(76)66-42(18-16-26-64-57(63)78)54(75)65-41-22-20-39(21-23-41)34-86-59(80)69(7)38(5)56(77)88-47-32-50(74)70(8)43-30-40(31-44(84-9)51(43)62)29-36(3)17-15-19-46(85-10)61(81)33-45(87-58(79)67-61)37(4)53-60(47,6)89-53/h15,17,19-25,30-31,35,37-38,42,45-47,52-53,68,81H,11-14,16,18,26-29,32-34H2,1-10H3,(H,65,75)(H,66,76)(H,67,79)(H3,63,64,78). The number of ether oxygens (including phenoxy) is 6. The van der Waals surface area contributed by atoms with Crippen molar-refractivity contribution >= 4 is 86.7 Å². The van der Waals surface area contributed by atoms with Crippen LogP contribution in [-0.2, 0) is 75.5 Å². The third-order valence-corrected chi connectivity index (χ3v) is 18.1. The van der Waals surface area contributed by atoms with E-state index in [-0.39, 0.29) is 61.8 Å². The first kappa shape index (κ1) is 71.4. The Kier molecular flexibility index (Phi) is 24.9. The van der Waals surface area contributed by atoms with E-state index < -0.39 is 136 Å². The number of epoxide rings is 1. The van der Waals surface area contributed by atoms with E-state index >= 15 is 0 Å². The summed E-state index contributed by atoms with van der Waals surface area (Å²) < 4.78 is 63.9. The summed E-state index contributed by atoms with van der Waals surface area (Å²) in [6, 6.07) is 5.05. The number of amides is 9. The molecule has 10 atom stereocenters. The monoisotopic (exact) mass is 1300 g/mol. The number of nitrogens with zero attached hydrogens (tertiary/aromatic N) is 3. The number of nitrogens with one attached hydrogen (secondary N) is 5. The van der Waals surface area contributed by atoms with Crippen molar-refractivity contribution in [3.63, 3.8) is 0 Å². The second kappa shape index (κ2) is 31.4. The number of anilines is 2. The predicted molar refractivity (Wildman–Crippen MR) is 330 cm³/mol. The largest absolute Gasteiger partial charge is 0.495 e. The molecule has 494 valence electrons. The molecule has 10 unspecified atom stereocenters. The summed E-state index contributed by atoms with van der Waals surface area (Å²) in [7, 11) is 1.68. The summed E-state index contributed by atoms with van der Waals surface area (Å²) in [5.74, 6) is -4.88. The molecular formula is C61H84ClN9O18S. The van der Waals surface area contributed by atoms with Crippen molar-refractivity contribution in [2.45, 2.75) is 160 Å². The van der Waals surface area contributed by atoms with Crippen molar-refractivity contribution in [3.8, 4) is 5.75 Å². The van der Waals surface area contributed by atoms with Crippen molar-refractivity contribution in [1.29, 1.82) is 0 Å². The molecule has 27 nitrogen and oxygen atoms in total. The lowest BCUT2D eigenvalue weighted by Gasteiger charge is -2.42. The number of carbonyl (C=O) groups excluding carboxylic acids is 9. The van der Waals surface area contributed by atoms with Crippen LogP contribution in [0.25, 0.3) is 0 Å². The van der Waals surface area contributed by atoms with Crippen molar-refractivity contribution in [3.05, 3.63) is 88.5 Å². The van der Waals surface area contributed by atoms with Gasteiger partial charge in [-0.3, -0.25) is 39.1 Å². The van der Waals surface area contributed by atoms with E-state index in [1.54, 1.807) is 64.1 Å². The van der Waals surface area contributed by atoms with Crippen LogP contribution in [0.2, 0.25) is 5.02 Å². The molecule has 8 N–H and O–H groups in total. The molecule has 2 fully saturated rings. The van der Waals surface area contributed by atoms with Crippen LogP contribution in [0.15, 0.2) is 72.4 Å². The molecular weight excluding hydrogens is 1210 g/mol. The number of hydrogen-bond donors (Lipinski definition) is 7. The normalized spacial score (nSPS) is 23.7. The van der Waals surface area contributed by atoms with Crippen LogP contribution in [0.3, 0.4) is 0 Å². The van der Waals surface area contributed by atoms with Gasteiger partial charge in [0, 0.05) is 64.5 Å². The highest BCUT2D eigenvalue weighted by atomic mass is 35.5. The molecule has 6 rings (SSSR count). The Morgan fingerprint density at radius 3 is 2.30 bits per heavy atom. The van der Waals surface area contributed by atoms with E-state index in [0.29, 0.717) is 42.7 Å². The first-order valence-corrected chi connectivity index (χ1v) is 31.7. The average Bonchev–Trinajstić information content (AvgIpc) is 1.57. The van der Waals surface area contributed by atoms with Gasteiger partial charge in [-0.1, -0.05) is 81.1 Å². The van der Waals surface area contributed by atoms with Gasteiger partial charge in [-0.2, -0.15) is 0 Å². The first-order valence-electron chi connectivity index (χ1n) is 29.7. The van der Waals surface area contributed by atoms with E-state index in [1.165, 1.54) is 64.4 Å². The van der Waals surface area contributed by atoms with Gasteiger partial charge in [-0.25, -0.2) is 32.3 Å². The molecule has 9 amide bonds. The number of nitrogens with two attached hydrogens (primary N) is 1. The van der Waals surface area contributed by atoms with Gasteiger partial charge in [0.05, 0.1) is 31.1 Å². The number of esters is 1. The number of hydrogen-bond acceptors (Lipinski definition) is 18. The lowest BCUT2D eigenvalue weighted by molar-refractivity contribution is -0.158. The summed E-state index contributed by atoms with van der Waals surface area (Å²) >= 11 is 6.83. The number of rotatable bonds is 25. The van der Waals surface area contributed by atoms with E-state index in [0.717, 1.165) is 20.9 Å². The maximum atomic E-state index is 14.4. The molecule has 2 aromatic rings. The number of aliphatic hydroxyl groups is 1. The zero-order valence-corrected chi connectivity index (χ0v) is 53.9. The Morgan fingerprint density at radius 2 is 1.66 bits per heavy atom. The Morgan fingerprint density at radius 1 is 0.978 bits per heavy atom. The molecule has 0 spiro atoms. The van der Waals surface area contributed by atoms with Crippen LogP contribution in [0.4, 0.5) is 25.8 Å². The molecule has 0 radical (unpaired) electrons. The number of halogens is 1. The summed E-state index contributed by atoms with van der Waals surface area (Å²) in [6.45, 7) is 9.93. The molecule has 2 saturated heterocycles. The minimum atomic E-state index is -3.99. The number of allylic oxidation sites excluding steroid dienone is 3. The van der Waals surface area contributed by atoms with E-state index in [4.69, 9.17) is 45.8 Å². The molecule has 4 aliphatic heterocycles. The van der Waals surface area contributed by atoms with Crippen LogP contribution in [-0.4, -0.2) is 178 Å². The predicted octanol–water partition coefficient (Wildman–Crippen LogP) is 4.63. The smallest absolute Gasteiger partial charge is 0.410 e. The SMILES string of the molecule is COc1cc2cc(c1Cl)N(C)C(=O)CC(OC(=O)C(C)N(C)C(=O)OCc1ccc(NC(=O)C(CCCNC(N)=O)NC(=O)C(NS(=O)(=O)CCCCCCN3C(=O)C=CC3=O)C(C)C)cc1)C1(C)OC1C(C)C1CC(O)(NC(=O)O1)C(OC)C=CC=C(C)C2. The first-order chi connectivity index (χ1) is 42.4. The van der Waals surface area contributed by atoms with Gasteiger partial charge in [0.2, 0.25) is 27.7 Å². The number of alkyl carbamates (subject to hydrolysis) is 1. The second-order valence-electron chi connectivity index (χ2n) is 23.5. The zero-order chi connectivity index (χ0) is 66.4. The van der Waals surface area contributed by atoms with Crippen LogP contribution in [0.5, 0.6) is 5.75 Å². The average molecular weight is 1300 g/mol. The number of urea groups is 1. The number of fused-ring (bicyclic) bond motifs is 5. The van der Waals surface area contributed by atoms with Crippen molar-refractivity contribution in [2.24, 2.45) is 17.6 Å². The number of imide groups is 1. The van der Waals surface area contributed by atoms with Gasteiger partial charge in [-0.05, 0) is 94.2 Å². The molecule has 2 aromatic carbocycles. The van der Waals surface area contributed by atoms with Crippen LogP contribution in [0, 0.1) is 11.8 Å². The quantitative estimate of drug-likeness (QED) is 0.0234. The lowest BCUT2D eigenvalue weighted by Crippen LogP contribution is -2.63. The number of methoxy groups -OCH3 is 2. The number of unbranched alkanes of at least 4 members (excludes halogenated alkanes) is 3. The topological polar surface area (TPSA) is 363 Å². The van der Waals surface area contributed by atoms with Gasteiger partial charge < -0.3 is 60.1 Å². The van der Waals surface area contributed by atoms with E-state index in [1.807, 2.05) is 13.0 Å². The fraction of sp³-hybridized carbons (Fsp3) is 0.557. The number of primary amides is 1. The maximum Gasteiger partial charge on any atom is 0.410 e. The molecule has 0 saturated carbocycles. The fourth-order valence-corrected chi connectivity index (χ4v) is 12.5. The van der Waals surface area contributed by atoms with Gasteiger partial charge in [0.15, 0.2) is 5.72 Å². The number of sulfonamides is 1. The van der Waals surface area contributed by atoms with Gasteiger partial charge >= 0.3 is 24.2 Å². The summed E-state index contributed by atoms with van der Waals surface area (Å²) in [4.78, 5) is 121. The highest BCUT2D eigenvalue weighted by Gasteiger charge is 2.64. The second-order valence-corrected chi connectivity index (χ2v) is 25.7. The van der Waals surface area contributed by atoms with E-state index in [9.17, 15) is 56.7 Å². The van der Waals surface area contributed by atoms with Crippen molar-refractivity contribution in [1.82, 2.24) is 30.5 Å². The molecule has 0 aromatic heterocycles. The number of likely N-dealkylation sites (N-methyl/N-ethyl adjacent to an activating group) is 1. The van der Waals surface area contributed by atoms with Crippen molar-refractivity contribution < 1.29 is 85.1 Å². The van der Waals surface area contributed by atoms with E-state index in [2.05, 4.69) is 26.0 Å². The summed E-state index contributed by atoms with van der Waals surface area (Å²) in [5.41, 5.74) is 4.58. The lowest BCUT2D eigenvalue weighted by atomic mass is 9.83. The minimum Gasteiger partial charge on any atom is -0.495 e. The Labute approximate surface area is 529 Å². The summed E-state index contributed by atoms with van der Waals surface area (Å²) in [6.07, 6.45) is 3.39. The molecule has 4 aliphatic rings. The third-order valence-electron chi connectivity index (χ3n) is 16.3. The Balaban J connectivity index is 1.09. The number of carbonyl (C=O) groups is 9. The number of benzene rings is 2. The molecule has 90 heavy (non-hydrogen) atoms. The molecule has 4 heterocycles. The molecule has 29 heteroatoms. The van der Waals surface area contributed by atoms with Gasteiger partial charge in [0.25, 0.3) is 11.8 Å². The Hall–Kier alpha value is -7.63. The van der Waals surface area contributed by atoms with Crippen LogP contribution in [0.1, 0.15) is 104 Å². The third kappa shape index (κ3) is 19.0. The molecule has 4 bridgehead atoms. The van der Waals surface area contributed by atoms with Crippen molar-refractivity contribution in [2.75, 3.05) is 57.4 Å². The van der Waals surface area contributed by atoms with Gasteiger partial charge in [-0.15, -0.1) is 0 Å². The fourth-order valence-electron chi connectivity index (χ4n) is 10.7. The highest BCUT2D eigenvalue weighted by molar-refractivity contribution is 7.89. The minimum absolute atomic E-state index is 0.00629.